The van der Waals surface area contributed by atoms with Gasteiger partial charge in [-0.15, -0.1) is 0 Å². The fourth-order valence-electron chi connectivity index (χ4n) is 1.11. The molecule has 19 heavy (non-hydrogen) atoms. The van der Waals surface area contributed by atoms with Gasteiger partial charge in [0, 0.05) is 13.1 Å². The third kappa shape index (κ3) is 4.45. The minimum absolute atomic E-state index is 0.204. The van der Waals surface area contributed by atoms with Crippen molar-refractivity contribution in [2.24, 2.45) is 0 Å². The molecule has 1 aromatic rings. The standard InChI is InChI=1S/C11H11Cl3N2O3/c1-5(10(17)16-11(18)15-2)19-9-4-7(13)6(12)3-8(9)14/h3-5H,1-2H3,(H2,15,16,17,18)/t5-/m0/s1. The van der Waals surface area contributed by atoms with E-state index in [9.17, 15) is 9.59 Å². The lowest BCUT2D eigenvalue weighted by atomic mass is 10.3. The van der Waals surface area contributed by atoms with Gasteiger partial charge in [0.1, 0.15) is 5.75 Å². The van der Waals surface area contributed by atoms with Crippen molar-refractivity contribution >= 4 is 46.7 Å². The van der Waals surface area contributed by atoms with E-state index in [0.717, 1.165) is 0 Å². The summed E-state index contributed by atoms with van der Waals surface area (Å²) in [6.07, 6.45) is -0.924. The molecule has 0 heterocycles. The second-order valence-corrected chi connectivity index (χ2v) is 4.75. The maximum atomic E-state index is 11.6. The topological polar surface area (TPSA) is 67.4 Å². The predicted molar refractivity (Wildman–Crippen MR) is 74.2 cm³/mol. The lowest BCUT2D eigenvalue weighted by Gasteiger charge is -2.15. The number of rotatable bonds is 3. The van der Waals surface area contributed by atoms with Crippen molar-refractivity contribution in [1.82, 2.24) is 10.6 Å². The minimum Gasteiger partial charge on any atom is -0.479 e. The normalized spacial score (nSPS) is 11.6. The van der Waals surface area contributed by atoms with E-state index in [-0.39, 0.29) is 20.8 Å². The minimum atomic E-state index is -0.924. The highest BCUT2D eigenvalue weighted by Crippen LogP contribution is 2.34. The number of urea groups is 1. The number of halogens is 3. The SMILES string of the molecule is CNC(=O)NC(=O)[C@H](C)Oc1cc(Cl)c(Cl)cc1Cl. The van der Waals surface area contributed by atoms with E-state index < -0.39 is 18.0 Å². The Bertz CT molecular complexity index is 508. The predicted octanol–water partition coefficient (Wildman–Crippen LogP) is 2.87. The van der Waals surface area contributed by atoms with Crippen LogP contribution in [-0.2, 0) is 4.79 Å². The molecule has 0 fully saturated rings. The number of ether oxygens (including phenoxy) is 1. The third-order valence-corrected chi connectivity index (χ3v) is 3.13. The maximum absolute atomic E-state index is 11.6. The molecule has 104 valence electrons. The van der Waals surface area contributed by atoms with Crippen LogP contribution in [0.25, 0.3) is 0 Å². The van der Waals surface area contributed by atoms with Crippen LogP contribution in [0.15, 0.2) is 12.1 Å². The van der Waals surface area contributed by atoms with E-state index in [1.807, 2.05) is 0 Å². The number of carbonyl (C=O) groups is 2. The Kier molecular flexibility index (Phi) is 5.72. The summed E-state index contributed by atoms with van der Waals surface area (Å²) >= 11 is 17.5. The Balaban J connectivity index is 2.77. The van der Waals surface area contributed by atoms with Crippen LogP contribution in [0, 0.1) is 0 Å². The molecule has 8 heteroatoms. The molecule has 0 spiro atoms. The molecule has 0 aliphatic rings. The van der Waals surface area contributed by atoms with E-state index in [0.29, 0.717) is 0 Å². The van der Waals surface area contributed by atoms with Crippen molar-refractivity contribution in [3.63, 3.8) is 0 Å². The zero-order valence-electron chi connectivity index (χ0n) is 10.1. The highest BCUT2D eigenvalue weighted by atomic mass is 35.5. The van der Waals surface area contributed by atoms with Crippen molar-refractivity contribution < 1.29 is 14.3 Å². The average Bonchev–Trinajstić information content (AvgIpc) is 2.35. The van der Waals surface area contributed by atoms with Crippen molar-refractivity contribution in [3.05, 3.63) is 27.2 Å². The Hall–Kier alpha value is -1.17. The first-order valence-corrected chi connectivity index (χ1v) is 6.32. The van der Waals surface area contributed by atoms with Crippen LogP contribution in [0.3, 0.4) is 0 Å². The molecule has 0 aromatic heterocycles. The van der Waals surface area contributed by atoms with Crippen LogP contribution in [0.5, 0.6) is 5.75 Å². The molecule has 5 nitrogen and oxygen atoms in total. The van der Waals surface area contributed by atoms with E-state index >= 15 is 0 Å². The summed E-state index contributed by atoms with van der Waals surface area (Å²) in [5.41, 5.74) is 0. The number of benzene rings is 1. The zero-order chi connectivity index (χ0) is 14.6. The summed E-state index contributed by atoms with van der Waals surface area (Å²) in [5, 5.41) is 5.08. The van der Waals surface area contributed by atoms with Crippen LogP contribution < -0.4 is 15.4 Å². The van der Waals surface area contributed by atoms with Crippen molar-refractivity contribution in [1.29, 1.82) is 0 Å². The van der Waals surface area contributed by atoms with E-state index in [4.69, 9.17) is 39.5 Å². The Labute approximate surface area is 125 Å². The first-order valence-electron chi connectivity index (χ1n) is 5.19. The summed E-state index contributed by atoms with van der Waals surface area (Å²) < 4.78 is 5.32. The number of hydrogen-bond donors (Lipinski definition) is 2. The number of carbonyl (C=O) groups excluding carboxylic acids is 2. The Morgan fingerprint density at radius 3 is 2.32 bits per heavy atom. The molecule has 0 bridgehead atoms. The van der Waals surface area contributed by atoms with Crippen LogP contribution in [0.1, 0.15) is 6.92 Å². The fourth-order valence-corrected chi connectivity index (χ4v) is 1.70. The molecule has 1 rings (SSSR count). The molecule has 0 radical (unpaired) electrons. The van der Waals surface area contributed by atoms with Gasteiger partial charge in [0.25, 0.3) is 5.91 Å². The first-order chi connectivity index (χ1) is 8.85. The van der Waals surface area contributed by atoms with Gasteiger partial charge in [-0.3, -0.25) is 10.1 Å². The molecule has 0 aliphatic carbocycles. The number of amides is 3. The highest BCUT2D eigenvalue weighted by molar-refractivity contribution is 6.43. The van der Waals surface area contributed by atoms with Crippen LogP contribution >= 0.6 is 34.8 Å². The van der Waals surface area contributed by atoms with Crippen LogP contribution in [-0.4, -0.2) is 25.1 Å². The lowest BCUT2D eigenvalue weighted by Crippen LogP contribution is -2.43. The lowest BCUT2D eigenvalue weighted by molar-refractivity contribution is -0.126. The average molecular weight is 326 g/mol. The number of nitrogens with one attached hydrogen (secondary N) is 2. The molecule has 1 atom stereocenters. The van der Waals surface area contributed by atoms with Gasteiger partial charge in [-0.2, -0.15) is 0 Å². The largest absolute Gasteiger partial charge is 0.479 e. The van der Waals surface area contributed by atoms with E-state index in [1.165, 1.54) is 26.1 Å². The van der Waals surface area contributed by atoms with Crippen LogP contribution in [0.4, 0.5) is 4.79 Å². The van der Waals surface area contributed by atoms with Gasteiger partial charge in [-0.1, -0.05) is 34.8 Å². The molecule has 0 saturated heterocycles. The van der Waals surface area contributed by atoms with Crippen LogP contribution in [0.2, 0.25) is 15.1 Å². The van der Waals surface area contributed by atoms with Gasteiger partial charge in [-0.05, 0) is 13.0 Å². The quantitative estimate of drug-likeness (QED) is 0.840. The maximum Gasteiger partial charge on any atom is 0.321 e. The van der Waals surface area contributed by atoms with Crippen molar-refractivity contribution in [3.8, 4) is 5.75 Å². The van der Waals surface area contributed by atoms with E-state index in [1.54, 1.807) is 0 Å². The number of imide groups is 1. The van der Waals surface area contributed by atoms with Crippen molar-refractivity contribution in [2.75, 3.05) is 7.05 Å². The molecular weight excluding hydrogens is 314 g/mol. The van der Waals surface area contributed by atoms with Gasteiger partial charge in [-0.25, -0.2) is 4.79 Å². The molecule has 1 aromatic carbocycles. The second kappa shape index (κ2) is 6.84. The zero-order valence-corrected chi connectivity index (χ0v) is 12.4. The second-order valence-electron chi connectivity index (χ2n) is 3.53. The molecular formula is C11H11Cl3N2O3. The summed E-state index contributed by atoms with van der Waals surface area (Å²) in [4.78, 5) is 22.6. The van der Waals surface area contributed by atoms with Gasteiger partial charge < -0.3 is 10.1 Å². The monoisotopic (exact) mass is 324 g/mol. The Morgan fingerprint density at radius 2 is 1.74 bits per heavy atom. The summed E-state index contributed by atoms with van der Waals surface area (Å²) in [6, 6.07) is 2.18. The van der Waals surface area contributed by atoms with E-state index in [2.05, 4.69) is 10.6 Å². The van der Waals surface area contributed by atoms with Gasteiger partial charge in [0.15, 0.2) is 6.10 Å². The first kappa shape index (κ1) is 15.9. The van der Waals surface area contributed by atoms with Gasteiger partial charge in [0.05, 0.1) is 15.1 Å². The summed E-state index contributed by atoms with van der Waals surface area (Å²) in [7, 11) is 1.39. The smallest absolute Gasteiger partial charge is 0.321 e. The Morgan fingerprint density at radius 1 is 1.16 bits per heavy atom. The van der Waals surface area contributed by atoms with Gasteiger partial charge >= 0.3 is 6.03 Å². The fraction of sp³-hybridized carbons (Fsp3) is 0.273. The molecule has 3 amide bonds. The third-order valence-electron chi connectivity index (χ3n) is 2.11. The number of hydrogen-bond acceptors (Lipinski definition) is 3. The molecule has 0 aliphatic heterocycles. The summed E-state index contributed by atoms with van der Waals surface area (Å²) in [5.74, 6) is -0.405. The summed E-state index contributed by atoms with van der Waals surface area (Å²) in [6.45, 7) is 1.47. The van der Waals surface area contributed by atoms with Gasteiger partial charge in [0.2, 0.25) is 0 Å². The molecule has 2 N–H and O–H groups in total. The van der Waals surface area contributed by atoms with Crippen molar-refractivity contribution in [2.45, 2.75) is 13.0 Å². The molecule has 0 unspecified atom stereocenters. The molecule has 0 saturated carbocycles. The highest BCUT2D eigenvalue weighted by Gasteiger charge is 2.18.